The summed E-state index contributed by atoms with van der Waals surface area (Å²) in [7, 11) is -4.12. The minimum Gasteiger partial charge on any atom is -0.487 e. The van der Waals surface area contributed by atoms with Gasteiger partial charge in [0.1, 0.15) is 28.9 Å². The van der Waals surface area contributed by atoms with Gasteiger partial charge >= 0.3 is 0 Å². The molecule has 20 heavy (non-hydrogen) atoms. The fourth-order valence-electron chi connectivity index (χ4n) is 1.65. The molecule has 0 saturated carbocycles. The summed E-state index contributed by atoms with van der Waals surface area (Å²) in [6.07, 6.45) is 2.95. The number of nitrogen functional groups attached to an aromatic ring is 1. The third kappa shape index (κ3) is 2.74. The molecule has 1 aromatic carbocycles. The van der Waals surface area contributed by atoms with E-state index in [0.717, 1.165) is 5.56 Å². The number of furan rings is 1. The fourth-order valence-corrected chi connectivity index (χ4v) is 2.48. The number of nitrogens with zero attached hydrogens (tertiary/aromatic N) is 1. The van der Waals surface area contributed by atoms with Crippen LogP contribution in [0.5, 0.6) is 5.75 Å². The van der Waals surface area contributed by atoms with E-state index < -0.39 is 14.9 Å². The number of nitriles is 1. The van der Waals surface area contributed by atoms with Crippen molar-refractivity contribution in [3.8, 4) is 11.8 Å². The minimum atomic E-state index is -4.12. The molecule has 4 N–H and O–H groups in total. The molecular weight excluding hydrogens is 282 g/mol. The Morgan fingerprint density at radius 1 is 1.35 bits per heavy atom. The molecule has 0 amide bonds. The van der Waals surface area contributed by atoms with Crippen molar-refractivity contribution < 1.29 is 17.6 Å². The van der Waals surface area contributed by atoms with Gasteiger partial charge < -0.3 is 14.9 Å². The molecule has 0 saturated heterocycles. The molecule has 0 atom stereocenters. The highest BCUT2D eigenvalue weighted by atomic mass is 32.2. The third-order valence-corrected chi connectivity index (χ3v) is 3.53. The number of hydrogen-bond acceptors (Lipinski definition) is 6. The zero-order valence-corrected chi connectivity index (χ0v) is 11.1. The monoisotopic (exact) mass is 293 g/mol. The van der Waals surface area contributed by atoms with Crippen molar-refractivity contribution in [2.45, 2.75) is 11.5 Å². The van der Waals surface area contributed by atoms with E-state index in [1.165, 1.54) is 24.7 Å². The molecule has 104 valence electrons. The second kappa shape index (κ2) is 5.24. The lowest BCUT2D eigenvalue weighted by atomic mass is 10.2. The summed E-state index contributed by atoms with van der Waals surface area (Å²) in [6.45, 7) is 0.124. The van der Waals surface area contributed by atoms with Crippen LogP contribution in [-0.2, 0) is 16.6 Å². The van der Waals surface area contributed by atoms with Crippen LogP contribution in [0, 0.1) is 11.3 Å². The standard InChI is InChI=1S/C12H11N3O4S/c13-5-9-11(19-7-8-3-4-18-6-8)2-1-10(14)12(9)20(15,16)17/h1-4,6H,7,14H2,(H2,15,16,17). The van der Waals surface area contributed by atoms with Gasteiger partial charge in [0.2, 0.25) is 10.0 Å². The Morgan fingerprint density at radius 2 is 2.10 bits per heavy atom. The highest BCUT2D eigenvalue weighted by molar-refractivity contribution is 7.89. The molecule has 7 nitrogen and oxygen atoms in total. The Morgan fingerprint density at radius 3 is 2.65 bits per heavy atom. The van der Waals surface area contributed by atoms with Gasteiger partial charge in [0.15, 0.2) is 0 Å². The Kier molecular flexibility index (Phi) is 3.65. The molecule has 0 unspecified atom stereocenters. The molecule has 2 aromatic rings. The molecule has 0 bridgehead atoms. The number of anilines is 1. The maximum Gasteiger partial charge on any atom is 0.241 e. The van der Waals surface area contributed by atoms with E-state index in [9.17, 15) is 8.42 Å². The van der Waals surface area contributed by atoms with Crippen LogP contribution in [0.25, 0.3) is 0 Å². The first-order valence-electron chi connectivity index (χ1n) is 5.42. The molecule has 0 fully saturated rings. The Hall–Kier alpha value is -2.50. The minimum absolute atomic E-state index is 0.0897. The first-order chi connectivity index (χ1) is 9.43. The average Bonchev–Trinajstić information content (AvgIpc) is 2.88. The molecule has 0 radical (unpaired) electrons. The summed E-state index contributed by atoms with van der Waals surface area (Å²) >= 11 is 0. The van der Waals surface area contributed by atoms with Crippen LogP contribution < -0.4 is 15.6 Å². The van der Waals surface area contributed by atoms with Gasteiger partial charge in [-0.25, -0.2) is 13.6 Å². The van der Waals surface area contributed by atoms with Gasteiger partial charge in [-0.05, 0) is 18.2 Å². The first-order valence-corrected chi connectivity index (χ1v) is 6.97. The van der Waals surface area contributed by atoms with E-state index in [-0.39, 0.29) is 23.6 Å². The summed E-state index contributed by atoms with van der Waals surface area (Å²) in [4.78, 5) is -0.426. The van der Waals surface area contributed by atoms with E-state index in [1.54, 1.807) is 12.1 Å². The lowest BCUT2D eigenvalue weighted by molar-refractivity contribution is 0.303. The van der Waals surface area contributed by atoms with Gasteiger partial charge in [-0.15, -0.1) is 0 Å². The van der Waals surface area contributed by atoms with E-state index >= 15 is 0 Å². The second-order valence-electron chi connectivity index (χ2n) is 3.93. The van der Waals surface area contributed by atoms with Crippen LogP contribution in [0.4, 0.5) is 5.69 Å². The zero-order valence-electron chi connectivity index (χ0n) is 10.2. The SMILES string of the molecule is N#Cc1c(OCc2ccoc2)ccc(N)c1S(N)(=O)=O. The predicted molar refractivity (Wildman–Crippen MR) is 70.0 cm³/mol. The molecular formula is C12H11N3O4S. The highest BCUT2D eigenvalue weighted by Gasteiger charge is 2.22. The van der Waals surface area contributed by atoms with Crippen LogP contribution in [0.2, 0.25) is 0 Å². The maximum atomic E-state index is 11.5. The normalized spacial score (nSPS) is 11.0. The highest BCUT2D eigenvalue weighted by Crippen LogP contribution is 2.30. The van der Waals surface area contributed by atoms with E-state index in [4.69, 9.17) is 25.3 Å². The molecule has 1 aromatic heterocycles. The number of benzene rings is 1. The van der Waals surface area contributed by atoms with Crippen LogP contribution >= 0.6 is 0 Å². The van der Waals surface area contributed by atoms with E-state index in [2.05, 4.69) is 0 Å². The number of ether oxygens (including phenoxy) is 1. The Balaban J connectivity index is 2.42. The first kappa shape index (κ1) is 13.9. The largest absolute Gasteiger partial charge is 0.487 e. The second-order valence-corrected chi connectivity index (χ2v) is 5.43. The van der Waals surface area contributed by atoms with Crippen LogP contribution in [0.15, 0.2) is 40.0 Å². The van der Waals surface area contributed by atoms with Crippen molar-refractivity contribution in [1.82, 2.24) is 0 Å². The molecule has 0 aliphatic carbocycles. The summed E-state index contributed by atoms with van der Waals surface area (Å²) in [5.74, 6) is 0.0897. The molecule has 2 rings (SSSR count). The molecule has 1 heterocycles. The lowest BCUT2D eigenvalue weighted by Crippen LogP contribution is -2.16. The van der Waals surface area contributed by atoms with Gasteiger partial charge in [-0.1, -0.05) is 0 Å². The predicted octanol–water partition coefficient (Wildman–Crippen LogP) is 0.960. The molecule has 0 aliphatic rings. The summed E-state index contributed by atoms with van der Waals surface area (Å²) in [5, 5.41) is 14.2. The van der Waals surface area contributed by atoms with Gasteiger partial charge in [0.25, 0.3) is 0 Å². The van der Waals surface area contributed by atoms with Crippen LogP contribution in [0.3, 0.4) is 0 Å². The van der Waals surface area contributed by atoms with Crippen LogP contribution in [0.1, 0.15) is 11.1 Å². The van der Waals surface area contributed by atoms with Gasteiger partial charge in [-0.2, -0.15) is 5.26 Å². The number of sulfonamides is 1. The fraction of sp³-hybridized carbons (Fsp3) is 0.0833. The molecule has 8 heteroatoms. The summed E-state index contributed by atoms with van der Waals surface area (Å²) in [6, 6.07) is 6.18. The number of hydrogen-bond donors (Lipinski definition) is 2. The third-order valence-electron chi connectivity index (χ3n) is 2.52. The number of rotatable bonds is 4. The van der Waals surface area contributed by atoms with Crippen molar-refractivity contribution in [3.05, 3.63) is 41.9 Å². The Labute approximate surface area is 115 Å². The zero-order chi connectivity index (χ0) is 14.8. The lowest BCUT2D eigenvalue weighted by Gasteiger charge is -2.11. The Bertz CT molecular complexity index is 761. The molecule has 0 spiro atoms. The van der Waals surface area contributed by atoms with E-state index in [0.29, 0.717) is 0 Å². The van der Waals surface area contributed by atoms with Crippen molar-refractivity contribution in [2.75, 3.05) is 5.73 Å². The number of nitrogens with two attached hydrogens (primary N) is 2. The van der Waals surface area contributed by atoms with Gasteiger partial charge in [-0.3, -0.25) is 0 Å². The summed E-state index contributed by atoms with van der Waals surface area (Å²) in [5.41, 5.74) is 5.99. The van der Waals surface area contributed by atoms with E-state index in [1.807, 2.05) is 0 Å². The van der Waals surface area contributed by atoms with Crippen molar-refractivity contribution in [3.63, 3.8) is 0 Å². The number of primary sulfonamides is 1. The molecule has 0 aliphatic heterocycles. The van der Waals surface area contributed by atoms with Crippen molar-refractivity contribution in [2.24, 2.45) is 5.14 Å². The van der Waals surface area contributed by atoms with Crippen molar-refractivity contribution >= 4 is 15.7 Å². The smallest absolute Gasteiger partial charge is 0.241 e. The quantitative estimate of drug-likeness (QED) is 0.807. The maximum absolute atomic E-state index is 11.5. The average molecular weight is 293 g/mol. The van der Waals surface area contributed by atoms with Gasteiger partial charge in [0, 0.05) is 5.56 Å². The summed E-state index contributed by atoms with van der Waals surface area (Å²) < 4.78 is 33.3. The van der Waals surface area contributed by atoms with Gasteiger partial charge in [0.05, 0.1) is 18.2 Å². The topological polar surface area (TPSA) is 132 Å². The van der Waals surface area contributed by atoms with Crippen molar-refractivity contribution in [1.29, 1.82) is 5.26 Å². The van der Waals surface area contributed by atoms with Crippen LogP contribution in [-0.4, -0.2) is 8.42 Å².